The molecule has 6 nitrogen and oxygen atoms in total. The van der Waals surface area contributed by atoms with Gasteiger partial charge in [-0.15, -0.1) is 0 Å². The Morgan fingerprint density at radius 1 is 0.909 bits per heavy atom. The number of carbonyl (C=O) groups is 1. The quantitative estimate of drug-likeness (QED) is 0.611. The van der Waals surface area contributed by atoms with Gasteiger partial charge in [0.05, 0.1) is 10.6 Å². The van der Waals surface area contributed by atoms with Crippen LogP contribution in [0.3, 0.4) is 0 Å². The zero-order valence-corrected chi connectivity index (χ0v) is 19.4. The number of benzene rings is 3. The molecule has 1 aliphatic heterocycles. The third kappa shape index (κ3) is 5.01. The Labute approximate surface area is 193 Å². The van der Waals surface area contributed by atoms with Gasteiger partial charge < -0.3 is 9.80 Å². The van der Waals surface area contributed by atoms with Gasteiger partial charge in [-0.05, 0) is 61.4 Å². The molecule has 1 amide bonds. The summed E-state index contributed by atoms with van der Waals surface area (Å²) in [6, 6.07) is 18.2. The minimum atomic E-state index is -3.85. The molecule has 172 valence electrons. The number of carbonyl (C=O) groups excluding carboxylic acids is 1. The van der Waals surface area contributed by atoms with Crippen molar-refractivity contribution in [1.29, 1.82) is 0 Å². The third-order valence-electron chi connectivity index (χ3n) is 5.78. The average molecular weight is 468 g/mol. The summed E-state index contributed by atoms with van der Waals surface area (Å²) < 4.78 is 42.5. The number of sulfonamides is 1. The second kappa shape index (κ2) is 9.23. The predicted octanol–water partition coefficient (Wildman–Crippen LogP) is 4.21. The van der Waals surface area contributed by atoms with E-state index in [1.807, 2.05) is 17.9 Å². The van der Waals surface area contributed by atoms with Crippen molar-refractivity contribution in [2.75, 3.05) is 35.8 Å². The first-order valence-electron chi connectivity index (χ1n) is 10.7. The lowest BCUT2D eigenvalue weighted by molar-refractivity contribution is 0.0745. The van der Waals surface area contributed by atoms with Crippen molar-refractivity contribution < 1.29 is 17.6 Å². The summed E-state index contributed by atoms with van der Waals surface area (Å²) in [5.41, 5.74) is 2.97. The average Bonchev–Trinajstić information content (AvgIpc) is 2.79. The maximum Gasteiger partial charge on any atom is 0.261 e. The summed E-state index contributed by atoms with van der Waals surface area (Å²) in [4.78, 5) is 16.9. The summed E-state index contributed by atoms with van der Waals surface area (Å²) in [6.07, 6.45) is 0. The number of halogens is 1. The second-order valence-corrected chi connectivity index (χ2v) is 9.86. The summed E-state index contributed by atoms with van der Waals surface area (Å²) in [7, 11) is -3.85. The van der Waals surface area contributed by atoms with Gasteiger partial charge in [-0.25, -0.2) is 12.8 Å². The molecule has 33 heavy (non-hydrogen) atoms. The molecule has 3 aromatic carbocycles. The number of hydrogen-bond donors (Lipinski definition) is 1. The zero-order chi connectivity index (χ0) is 23.6. The van der Waals surface area contributed by atoms with Gasteiger partial charge in [0.15, 0.2) is 0 Å². The first-order chi connectivity index (χ1) is 15.7. The van der Waals surface area contributed by atoms with Crippen molar-refractivity contribution >= 4 is 27.3 Å². The van der Waals surface area contributed by atoms with Crippen LogP contribution in [0.5, 0.6) is 0 Å². The van der Waals surface area contributed by atoms with E-state index in [0.29, 0.717) is 48.7 Å². The maximum atomic E-state index is 14.1. The normalized spacial score (nSPS) is 14.3. The Hall–Kier alpha value is -3.39. The van der Waals surface area contributed by atoms with Gasteiger partial charge in [0, 0.05) is 37.4 Å². The van der Waals surface area contributed by atoms with Crippen LogP contribution in [-0.2, 0) is 10.0 Å². The van der Waals surface area contributed by atoms with E-state index in [0.717, 1.165) is 5.56 Å². The van der Waals surface area contributed by atoms with Gasteiger partial charge >= 0.3 is 0 Å². The van der Waals surface area contributed by atoms with E-state index in [9.17, 15) is 17.6 Å². The van der Waals surface area contributed by atoms with Crippen LogP contribution in [0.1, 0.15) is 21.5 Å². The van der Waals surface area contributed by atoms with E-state index < -0.39 is 10.0 Å². The van der Waals surface area contributed by atoms with E-state index in [4.69, 9.17) is 0 Å². The fraction of sp³-hybridized carbons (Fsp3) is 0.240. The van der Waals surface area contributed by atoms with Crippen molar-refractivity contribution in [3.05, 3.63) is 89.2 Å². The SMILES string of the molecule is Cc1cccc(NS(=O)(=O)c2ccc(C)c(C(=O)N3CCN(c4ccccc4F)CC3)c2)c1. The van der Waals surface area contributed by atoms with Crippen LogP contribution in [0.25, 0.3) is 0 Å². The number of aryl methyl sites for hydroxylation is 2. The fourth-order valence-electron chi connectivity index (χ4n) is 3.95. The molecule has 0 spiro atoms. The number of rotatable bonds is 5. The van der Waals surface area contributed by atoms with Gasteiger partial charge in [-0.3, -0.25) is 9.52 Å². The lowest BCUT2D eigenvalue weighted by atomic mass is 10.1. The first kappa shape index (κ1) is 22.8. The molecule has 1 N–H and O–H groups in total. The summed E-state index contributed by atoms with van der Waals surface area (Å²) in [5.74, 6) is -0.513. The van der Waals surface area contributed by atoms with E-state index in [1.54, 1.807) is 54.3 Å². The number of piperazine rings is 1. The van der Waals surface area contributed by atoms with Gasteiger partial charge in [0.25, 0.3) is 15.9 Å². The van der Waals surface area contributed by atoms with Crippen LogP contribution in [0.2, 0.25) is 0 Å². The molecular weight excluding hydrogens is 441 g/mol. The van der Waals surface area contributed by atoms with Crippen molar-refractivity contribution in [3.8, 4) is 0 Å². The number of hydrogen-bond acceptors (Lipinski definition) is 4. The topological polar surface area (TPSA) is 69.7 Å². The van der Waals surface area contributed by atoms with Crippen molar-refractivity contribution in [2.24, 2.45) is 0 Å². The van der Waals surface area contributed by atoms with Crippen molar-refractivity contribution in [1.82, 2.24) is 4.90 Å². The van der Waals surface area contributed by atoms with Crippen molar-refractivity contribution in [2.45, 2.75) is 18.7 Å². The van der Waals surface area contributed by atoms with Crippen LogP contribution in [-0.4, -0.2) is 45.4 Å². The van der Waals surface area contributed by atoms with Crippen molar-refractivity contribution in [3.63, 3.8) is 0 Å². The smallest absolute Gasteiger partial charge is 0.261 e. The molecule has 0 aliphatic carbocycles. The highest BCUT2D eigenvalue weighted by Crippen LogP contribution is 2.23. The summed E-state index contributed by atoms with van der Waals surface area (Å²) >= 11 is 0. The molecular formula is C25H26FN3O3S. The third-order valence-corrected chi connectivity index (χ3v) is 7.16. The minimum Gasteiger partial charge on any atom is -0.366 e. The number of nitrogens with one attached hydrogen (secondary N) is 1. The van der Waals surface area contributed by atoms with Crippen LogP contribution in [0.15, 0.2) is 71.6 Å². The molecule has 0 saturated carbocycles. The van der Waals surface area contributed by atoms with E-state index in [1.165, 1.54) is 18.2 Å². The summed E-state index contributed by atoms with van der Waals surface area (Å²) in [6.45, 7) is 5.51. The largest absolute Gasteiger partial charge is 0.366 e. The molecule has 8 heteroatoms. The molecule has 0 bridgehead atoms. The number of nitrogens with zero attached hydrogens (tertiary/aromatic N) is 2. The molecule has 0 atom stereocenters. The molecule has 4 rings (SSSR count). The fourth-order valence-corrected chi connectivity index (χ4v) is 5.03. The van der Waals surface area contributed by atoms with Crippen LogP contribution < -0.4 is 9.62 Å². The number of amides is 1. The Morgan fingerprint density at radius 2 is 1.64 bits per heavy atom. The van der Waals surface area contributed by atoms with Gasteiger partial charge in [0.1, 0.15) is 5.82 Å². The van der Waals surface area contributed by atoms with Gasteiger partial charge in [-0.1, -0.05) is 30.3 Å². The van der Waals surface area contributed by atoms with Crippen LogP contribution >= 0.6 is 0 Å². The van der Waals surface area contributed by atoms with Crippen LogP contribution in [0.4, 0.5) is 15.8 Å². The highest BCUT2D eigenvalue weighted by atomic mass is 32.2. The van der Waals surface area contributed by atoms with Gasteiger partial charge in [0.2, 0.25) is 0 Å². The number of para-hydroxylation sites is 1. The molecule has 0 aromatic heterocycles. The molecule has 1 saturated heterocycles. The zero-order valence-electron chi connectivity index (χ0n) is 18.6. The Balaban J connectivity index is 1.51. The lowest BCUT2D eigenvalue weighted by Gasteiger charge is -2.36. The van der Waals surface area contributed by atoms with E-state index in [2.05, 4.69) is 4.72 Å². The number of anilines is 2. The minimum absolute atomic E-state index is 0.0305. The predicted molar refractivity (Wildman–Crippen MR) is 128 cm³/mol. The highest BCUT2D eigenvalue weighted by Gasteiger charge is 2.26. The Bertz CT molecular complexity index is 1290. The second-order valence-electron chi connectivity index (χ2n) is 8.18. The molecule has 1 heterocycles. The lowest BCUT2D eigenvalue weighted by Crippen LogP contribution is -2.49. The Kier molecular flexibility index (Phi) is 6.37. The van der Waals surface area contributed by atoms with Crippen LogP contribution in [0, 0.1) is 19.7 Å². The highest BCUT2D eigenvalue weighted by molar-refractivity contribution is 7.92. The Morgan fingerprint density at radius 3 is 2.33 bits per heavy atom. The van der Waals surface area contributed by atoms with Gasteiger partial charge in [-0.2, -0.15) is 0 Å². The van der Waals surface area contributed by atoms with E-state index in [-0.39, 0.29) is 16.6 Å². The molecule has 0 unspecified atom stereocenters. The van der Waals surface area contributed by atoms with E-state index >= 15 is 0 Å². The standard InChI is InChI=1S/C25H26FN3O3S/c1-18-6-5-7-20(16-18)27-33(31,32)21-11-10-19(2)22(17-21)25(30)29-14-12-28(13-15-29)24-9-4-3-8-23(24)26/h3-11,16-17,27H,12-15H2,1-2H3. The monoisotopic (exact) mass is 467 g/mol. The molecule has 1 fully saturated rings. The first-order valence-corrected chi connectivity index (χ1v) is 12.2. The summed E-state index contributed by atoms with van der Waals surface area (Å²) in [5, 5.41) is 0. The molecule has 3 aromatic rings. The molecule has 0 radical (unpaired) electrons. The maximum absolute atomic E-state index is 14.1. The molecule has 1 aliphatic rings.